The molecule has 0 aliphatic rings. The highest BCUT2D eigenvalue weighted by atomic mass is 16.5. The minimum Gasteiger partial charge on any atom is -0.481 e. The van der Waals surface area contributed by atoms with Gasteiger partial charge in [-0.1, -0.05) is 33.7 Å². The molecule has 1 rings (SSSR count). The van der Waals surface area contributed by atoms with Crippen LogP contribution in [0.2, 0.25) is 6.82 Å². The number of hydrogen-bond acceptors (Lipinski definition) is 3. The van der Waals surface area contributed by atoms with Gasteiger partial charge in [0.15, 0.2) is 0 Å². The Kier molecular flexibility index (Phi) is 4.67. The van der Waals surface area contributed by atoms with Crippen LogP contribution in [0.3, 0.4) is 0 Å². The first-order valence-corrected chi connectivity index (χ1v) is 6.78. The van der Waals surface area contributed by atoms with E-state index in [2.05, 4.69) is 46.4 Å². The third-order valence-electron chi connectivity index (χ3n) is 4.03. The largest absolute Gasteiger partial charge is 0.481 e. The molecule has 0 aliphatic heterocycles. The molecule has 19 heavy (non-hydrogen) atoms. The van der Waals surface area contributed by atoms with E-state index >= 15 is 0 Å². The van der Waals surface area contributed by atoms with E-state index in [1.54, 1.807) is 7.11 Å². The van der Waals surface area contributed by atoms with E-state index < -0.39 is 0 Å². The highest BCUT2D eigenvalue weighted by Crippen LogP contribution is 2.33. The van der Waals surface area contributed by atoms with E-state index in [-0.39, 0.29) is 17.9 Å². The lowest BCUT2D eigenvalue weighted by Gasteiger charge is -2.41. The van der Waals surface area contributed by atoms with Crippen LogP contribution in [0.25, 0.3) is 0 Å². The molecule has 3 nitrogen and oxygen atoms in total. The van der Waals surface area contributed by atoms with E-state index in [1.165, 1.54) is 0 Å². The molecule has 1 aromatic rings. The van der Waals surface area contributed by atoms with Crippen LogP contribution in [-0.2, 0) is 4.65 Å². The van der Waals surface area contributed by atoms with Crippen molar-refractivity contribution in [3.8, 4) is 5.88 Å². The fraction of sp³-hybridized carbons (Fsp3) is 0.667. The molecule has 1 heterocycles. The van der Waals surface area contributed by atoms with E-state index in [0.717, 1.165) is 11.2 Å². The average Bonchev–Trinajstić information content (AvgIpc) is 2.26. The number of methoxy groups -OCH3 is 1. The lowest BCUT2D eigenvalue weighted by molar-refractivity contribution is 0.000421. The van der Waals surface area contributed by atoms with Crippen LogP contribution in [0.1, 0.15) is 40.3 Å². The second-order valence-electron chi connectivity index (χ2n) is 6.55. The zero-order chi connectivity index (χ0) is 14.8. The standard InChI is InChI=1S/C15H26BNO2/c1-11-12(9-10-13(17-11)18-8)16(7)19-15(5,6)14(2,3)4/h9-10H,1-8H3. The molecule has 0 aromatic carbocycles. The molecule has 0 unspecified atom stereocenters. The van der Waals surface area contributed by atoms with Gasteiger partial charge < -0.3 is 9.39 Å². The van der Waals surface area contributed by atoms with Gasteiger partial charge in [0.25, 0.3) is 0 Å². The zero-order valence-corrected chi connectivity index (χ0v) is 13.5. The Morgan fingerprint density at radius 1 is 1.11 bits per heavy atom. The molecule has 0 N–H and O–H groups in total. The Labute approximate surface area is 117 Å². The normalized spacial score (nSPS) is 12.4. The number of pyridine rings is 1. The molecule has 0 saturated heterocycles. The molecule has 0 aliphatic carbocycles. The molecule has 0 radical (unpaired) electrons. The summed E-state index contributed by atoms with van der Waals surface area (Å²) in [5.74, 6) is 0.642. The van der Waals surface area contributed by atoms with Crippen LogP contribution < -0.4 is 10.2 Å². The molecule has 0 fully saturated rings. The van der Waals surface area contributed by atoms with Gasteiger partial charge in [-0.3, -0.25) is 0 Å². The highest BCUT2D eigenvalue weighted by molar-refractivity contribution is 6.66. The first-order valence-electron chi connectivity index (χ1n) is 6.78. The number of rotatable bonds is 4. The van der Waals surface area contributed by atoms with Crippen molar-refractivity contribution in [2.45, 2.75) is 54.0 Å². The number of aryl methyl sites for hydroxylation is 1. The van der Waals surface area contributed by atoms with E-state index in [1.807, 2.05) is 19.1 Å². The molecule has 0 atom stereocenters. The summed E-state index contributed by atoms with van der Waals surface area (Å²) in [4.78, 5) is 4.40. The monoisotopic (exact) mass is 263 g/mol. The SMILES string of the molecule is COc1ccc(B(C)OC(C)(C)C(C)(C)C)c(C)n1. The summed E-state index contributed by atoms with van der Waals surface area (Å²) in [7, 11) is 1.63. The van der Waals surface area contributed by atoms with Crippen LogP contribution in [0.5, 0.6) is 5.88 Å². The molecule has 0 bridgehead atoms. The Morgan fingerprint density at radius 3 is 2.11 bits per heavy atom. The third kappa shape index (κ3) is 3.72. The summed E-state index contributed by atoms with van der Waals surface area (Å²) in [6.45, 7) is 14.9. The predicted octanol–water partition coefficient (Wildman–Crippen LogP) is 3.07. The average molecular weight is 263 g/mol. The molecule has 0 amide bonds. The van der Waals surface area contributed by atoms with Crippen LogP contribution in [0.4, 0.5) is 0 Å². The Bertz CT molecular complexity index is 438. The molecular formula is C15H26BNO2. The molecule has 4 heteroatoms. The summed E-state index contributed by atoms with van der Waals surface area (Å²) < 4.78 is 11.4. The highest BCUT2D eigenvalue weighted by Gasteiger charge is 2.36. The van der Waals surface area contributed by atoms with Crippen molar-refractivity contribution in [2.24, 2.45) is 5.41 Å². The van der Waals surface area contributed by atoms with E-state index in [9.17, 15) is 0 Å². The lowest BCUT2D eigenvalue weighted by Crippen LogP contribution is -2.47. The summed E-state index contributed by atoms with van der Waals surface area (Å²) in [5, 5.41) is 0. The van der Waals surface area contributed by atoms with Gasteiger partial charge in [-0.2, -0.15) is 0 Å². The van der Waals surface area contributed by atoms with Crippen molar-refractivity contribution in [3.63, 3.8) is 0 Å². The van der Waals surface area contributed by atoms with Crippen molar-refractivity contribution in [1.29, 1.82) is 0 Å². The van der Waals surface area contributed by atoms with Gasteiger partial charge in [0.1, 0.15) is 0 Å². The number of aromatic nitrogens is 1. The summed E-state index contributed by atoms with van der Waals surface area (Å²) in [5.41, 5.74) is 1.93. The fourth-order valence-corrected chi connectivity index (χ4v) is 1.77. The summed E-state index contributed by atoms with van der Waals surface area (Å²) in [6, 6.07) is 3.91. The maximum atomic E-state index is 6.26. The molecule has 0 spiro atoms. The maximum absolute atomic E-state index is 6.26. The Balaban J connectivity index is 2.93. The Morgan fingerprint density at radius 2 is 1.68 bits per heavy atom. The van der Waals surface area contributed by atoms with Gasteiger partial charge in [0.2, 0.25) is 5.88 Å². The van der Waals surface area contributed by atoms with Crippen LogP contribution >= 0.6 is 0 Å². The predicted molar refractivity (Wildman–Crippen MR) is 81.4 cm³/mol. The molecular weight excluding hydrogens is 237 g/mol. The number of ether oxygens (including phenoxy) is 1. The van der Waals surface area contributed by atoms with Gasteiger partial charge in [-0.15, -0.1) is 0 Å². The van der Waals surface area contributed by atoms with Gasteiger partial charge in [0.05, 0.1) is 12.7 Å². The van der Waals surface area contributed by atoms with Crippen molar-refractivity contribution in [1.82, 2.24) is 4.98 Å². The number of hydrogen-bond donors (Lipinski definition) is 0. The van der Waals surface area contributed by atoms with Crippen molar-refractivity contribution in [3.05, 3.63) is 17.8 Å². The van der Waals surface area contributed by atoms with Crippen molar-refractivity contribution in [2.75, 3.05) is 7.11 Å². The minimum atomic E-state index is -0.210. The molecule has 1 aromatic heterocycles. The van der Waals surface area contributed by atoms with Gasteiger partial charge in [0, 0.05) is 5.69 Å². The van der Waals surface area contributed by atoms with Crippen LogP contribution in [-0.4, -0.2) is 24.6 Å². The second kappa shape index (κ2) is 5.54. The third-order valence-corrected chi connectivity index (χ3v) is 4.03. The molecule has 0 saturated carbocycles. The van der Waals surface area contributed by atoms with Crippen molar-refractivity contribution < 1.29 is 9.39 Å². The van der Waals surface area contributed by atoms with Gasteiger partial charge >= 0.3 is 6.92 Å². The van der Waals surface area contributed by atoms with Gasteiger partial charge in [-0.05, 0) is 37.7 Å². The maximum Gasteiger partial charge on any atom is 0.326 e. The smallest absolute Gasteiger partial charge is 0.326 e. The first kappa shape index (κ1) is 16.0. The van der Waals surface area contributed by atoms with Crippen LogP contribution in [0.15, 0.2) is 12.1 Å². The van der Waals surface area contributed by atoms with Crippen molar-refractivity contribution >= 4 is 12.4 Å². The summed E-state index contributed by atoms with van der Waals surface area (Å²) in [6.07, 6.45) is 0. The lowest BCUT2D eigenvalue weighted by atomic mass is 9.61. The minimum absolute atomic E-state index is 0.00707. The number of nitrogens with zero attached hydrogens (tertiary/aromatic N) is 1. The summed E-state index contributed by atoms with van der Waals surface area (Å²) >= 11 is 0. The first-order chi connectivity index (χ1) is 8.58. The quantitative estimate of drug-likeness (QED) is 0.782. The molecule has 106 valence electrons. The van der Waals surface area contributed by atoms with Crippen LogP contribution in [0, 0.1) is 12.3 Å². The fourth-order valence-electron chi connectivity index (χ4n) is 1.77. The second-order valence-corrected chi connectivity index (χ2v) is 6.55. The van der Waals surface area contributed by atoms with E-state index in [4.69, 9.17) is 9.39 Å². The van der Waals surface area contributed by atoms with E-state index in [0.29, 0.717) is 5.88 Å². The zero-order valence-electron chi connectivity index (χ0n) is 13.5. The topological polar surface area (TPSA) is 31.4 Å². The Hall–Kier alpha value is -1.03. The van der Waals surface area contributed by atoms with Gasteiger partial charge in [-0.25, -0.2) is 4.98 Å².